The average molecular weight is 2000 g/mol. The van der Waals surface area contributed by atoms with Crippen molar-refractivity contribution < 1.29 is 166 Å². The number of carbonyl (C=O) groups is 23. The molecule has 0 aliphatic carbocycles. The highest BCUT2D eigenvalue weighted by atomic mass is 16.4. The number of H-pyrrole nitrogens is 1. The number of carboxylic acid groups (broad SMARTS) is 6. The number of primary amides is 1. The average Bonchev–Trinajstić information content (AvgIpc) is 1.02. The van der Waals surface area contributed by atoms with E-state index in [4.69, 9.17) is 17.2 Å². The first-order valence-corrected chi connectivity index (χ1v) is 44.5. The van der Waals surface area contributed by atoms with Crippen LogP contribution in [0.4, 0.5) is 0 Å². The van der Waals surface area contributed by atoms with Gasteiger partial charge in [0, 0.05) is 51.1 Å². The Kier molecular flexibility index (Phi) is 51.0. The van der Waals surface area contributed by atoms with Gasteiger partial charge >= 0.3 is 35.8 Å². The van der Waals surface area contributed by atoms with Crippen LogP contribution in [-0.4, -0.2) is 330 Å². The summed E-state index contributed by atoms with van der Waals surface area (Å²) in [6, 6.07) is -20.1. The zero-order chi connectivity index (χ0) is 107. The van der Waals surface area contributed by atoms with Crippen molar-refractivity contribution in [3.8, 4) is 11.5 Å². The van der Waals surface area contributed by atoms with E-state index in [1.807, 2.05) is 10.6 Å². The van der Waals surface area contributed by atoms with Crippen LogP contribution in [0.2, 0.25) is 0 Å². The monoisotopic (exact) mass is 2000 g/mol. The third-order valence-electron chi connectivity index (χ3n) is 21.0. The van der Waals surface area contributed by atoms with E-state index in [-0.39, 0.29) is 54.9 Å². The van der Waals surface area contributed by atoms with E-state index in [9.17, 15) is 166 Å². The maximum atomic E-state index is 14.7. The second kappa shape index (κ2) is 59.9. The third-order valence-corrected chi connectivity index (χ3v) is 21.0. The number of aromatic hydroxyl groups is 2. The number of aromatic nitrogens is 2. The highest BCUT2D eigenvalue weighted by Crippen LogP contribution is 2.19. The molecule has 0 radical (unpaired) electrons. The number of rotatable bonds is 65. The van der Waals surface area contributed by atoms with Crippen molar-refractivity contribution in [3.05, 3.63) is 77.9 Å². The molecule has 55 heteroatoms. The first-order chi connectivity index (χ1) is 66.0. The molecule has 0 saturated carbocycles. The van der Waals surface area contributed by atoms with Gasteiger partial charge in [-0.05, 0) is 133 Å². The number of benzene rings is 2. The van der Waals surface area contributed by atoms with Crippen molar-refractivity contribution in [2.45, 2.75) is 280 Å². The van der Waals surface area contributed by atoms with Gasteiger partial charge in [0.05, 0.1) is 55.8 Å². The normalized spacial score (nSPS) is 15.2. The standard InChI is InChI=1S/C86H127N21O34/c1-38(2)29-55(77(131)96-51(21-25-63(117)118)74(128)95-52(22-26-64(119)120)75(129)98-54(86(140)141)11-9-10-28-87)99-78(132)56(30-44-12-16-47(111)17-13-44)100-76(130)53(23-27-65(121)122)97-84(138)70(43(8)110)107-82(136)67(39(3)4)105-81(135)59(34-66(123)124)101-79(133)58(33-60(89)113)103-85(139)69(42(7)109)106-80(134)57(31-45-14-18-48(112)19-15-45)102-83(137)68(41(6)108)104-61(114)36-91-73(127)50(20-24-62(115)116)94-71(125)40(5)93-72(126)49(88)32-46-35-90-37-92-46/h12-19,35,37-43,49-59,67-70,108-112H,9-11,20-34,36,87-88H2,1-8H3,(H2,89,113)(H,90,92)(H,91,127)(H,93,126)(H,94,125)(H,95,128)(H,96,131)(H,97,138)(H,98,129)(H,99,132)(H,100,130)(H,101,133)(H,102,137)(H,103,139)(H,104,114)(H,105,135)(H,106,134)(H,107,136)(H,115,116)(H,117,118)(H,119,120)(H,121,122)(H,123,124)(H,140,141)/t40-,41+,42+,43+,49-,50-,51-,52-,53-,54-,55-,56-,57-,58-,59-,67-,68-,69-,70-/m0/s1. The fourth-order valence-corrected chi connectivity index (χ4v) is 13.4. The van der Waals surface area contributed by atoms with Crippen LogP contribution in [0.1, 0.15) is 162 Å². The molecule has 19 atom stereocenters. The van der Waals surface area contributed by atoms with Gasteiger partial charge in [-0.1, -0.05) is 52.0 Å². The summed E-state index contributed by atoms with van der Waals surface area (Å²) in [7, 11) is 0. The molecule has 0 aliphatic rings. The van der Waals surface area contributed by atoms with E-state index < -0.39 is 347 Å². The molecular weight excluding hydrogens is 1870 g/mol. The fourth-order valence-electron chi connectivity index (χ4n) is 13.4. The molecule has 0 spiro atoms. The van der Waals surface area contributed by atoms with Crippen LogP contribution in [0, 0.1) is 11.8 Å². The number of nitrogens with two attached hydrogens (primary N) is 3. The summed E-state index contributed by atoms with van der Waals surface area (Å²) in [5.74, 6) is -33.4. The lowest BCUT2D eigenvalue weighted by Crippen LogP contribution is -2.63. The number of nitrogens with one attached hydrogen (secondary N) is 17. The number of carboxylic acids is 6. The number of phenolic OH excluding ortho intramolecular Hbond substituents is 2. The van der Waals surface area contributed by atoms with E-state index >= 15 is 0 Å². The van der Waals surface area contributed by atoms with Gasteiger partial charge in [-0.25, -0.2) is 9.78 Å². The quantitative estimate of drug-likeness (QED) is 0.0233. The molecule has 141 heavy (non-hydrogen) atoms. The summed E-state index contributed by atoms with van der Waals surface area (Å²) in [5.41, 5.74) is 17.7. The number of aliphatic hydroxyl groups excluding tert-OH is 3. The lowest BCUT2D eigenvalue weighted by molar-refractivity contribution is -0.143. The van der Waals surface area contributed by atoms with Crippen LogP contribution in [0.3, 0.4) is 0 Å². The van der Waals surface area contributed by atoms with Crippen LogP contribution < -0.4 is 102 Å². The molecule has 0 saturated heterocycles. The van der Waals surface area contributed by atoms with Crippen molar-refractivity contribution in [2.24, 2.45) is 29.0 Å². The Morgan fingerprint density at radius 1 is 0.355 bits per heavy atom. The maximum Gasteiger partial charge on any atom is 0.326 e. The minimum Gasteiger partial charge on any atom is -0.508 e. The number of aliphatic hydroxyl groups is 3. The van der Waals surface area contributed by atoms with E-state index in [1.54, 1.807) is 13.8 Å². The predicted octanol–water partition coefficient (Wildman–Crippen LogP) is -9.55. The number of phenols is 2. The summed E-state index contributed by atoms with van der Waals surface area (Å²) >= 11 is 0. The van der Waals surface area contributed by atoms with Crippen LogP contribution in [0.15, 0.2) is 61.1 Å². The van der Waals surface area contributed by atoms with Gasteiger partial charge in [-0.2, -0.15) is 0 Å². The number of hydrogen-bond acceptors (Lipinski definition) is 31. The topological polar surface area (TPSA) is 914 Å². The number of hydrogen-bond donors (Lipinski definition) is 31. The van der Waals surface area contributed by atoms with Crippen LogP contribution in [0.5, 0.6) is 11.5 Å². The number of nitrogens with zero attached hydrogens (tertiary/aromatic N) is 1. The van der Waals surface area contributed by atoms with Crippen molar-refractivity contribution in [3.63, 3.8) is 0 Å². The van der Waals surface area contributed by atoms with Crippen molar-refractivity contribution in [1.82, 2.24) is 95.0 Å². The predicted molar refractivity (Wildman–Crippen MR) is 485 cm³/mol. The molecule has 2 aromatic carbocycles. The van der Waals surface area contributed by atoms with Gasteiger partial charge < -0.3 is 163 Å². The Labute approximate surface area is 805 Å². The fraction of sp³-hybridized carbons (Fsp3) is 0.558. The largest absolute Gasteiger partial charge is 0.508 e. The number of unbranched alkanes of at least 4 members (excludes halogenated alkanes) is 1. The number of carbonyl (C=O) groups excluding carboxylic acids is 17. The molecule has 0 unspecified atom stereocenters. The van der Waals surface area contributed by atoms with E-state index in [1.165, 1.54) is 69.7 Å². The SMILES string of the molecule is CC(C)C[C@H](NC(=O)[C@H](Cc1ccc(O)cc1)NC(=O)[C@H](CCC(=O)O)NC(=O)[C@@H](NC(=O)[C@@H](NC(=O)[C@H](CC(=O)O)NC(=O)[C@H](CC(N)=O)NC(=O)[C@@H](NC(=O)[C@H](Cc1ccc(O)cc1)NC(=O)[C@@H](NC(=O)CNC(=O)[C@H](CCC(=O)O)NC(=O)[C@H](C)NC(=O)[C@@H](N)Cc1c[nH]cn1)[C@@H](C)O)[C@@H](C)O)C(C)C)[C@@H](C)O)C(=O)N[C@@H](CCC(=O)O)C(=O)N[C@@H](CCC(=O)O)C(=O)N[C@@H](CCCCN)C(=O)O. The Balaban J connectivity index is 1.94. The molecule has 1 heterocycles. The Hall–Kier alpha value is -15.1. The number of amides is 17. The zero-order valence-corrected chi connectivity index (χ0v) is 78.3. The van der Waals surface area contributed by atoms with E-state index in [0.29, 0.717) is 12.1 Å². The van der Waals surface area contributed by atoms with Gasteiger partial charge in [0.25, 0.3) is 0 Å². The van der Waals surface area contributed by atoms with Crippen molar-refractivity contribution >= 4 is 136 Å². The van der Waals surface area contributed by atoms with Gasteiger partial charge in [0.2, 0.25) is 100 Å². The van der Waals surface area contributed by atoms with Gasteiger partial charge in [-0.3, -0.25) is 105 Å². The summed E-state index contributed by atoms with van der Waals surface area (Å²) in [6.07, 6.45) is -12.6. The Morgan fingerprint density at radius 3 is 1.10 bits per heavy atom. The Morgan fingerprint density at radius 2 is 0.695 bits per heavy atom. The number of aromatic amines is 1. The minimum atomic E-state index is -2.31. The summed E-state index contributed by atoms with van der Waals surface area (Å²) in [6.45, 7) is 8.96. The smallest absolute Gasteiger partial charge is 0.326 e. The van der Waals surface area contributed by atoms with E-state index in [0.717, 1.165) is 32.9 Å². The molecule has 0 aliphatic heterocycles. The molecule has 0 bridgehead atoms. The summed E-state index contributed by atoms with van der Waals surface area (Å²) in [4.78, 5) is 316. The van der Waals surface area contributed by atoms with Gasteiger partial charge in [0.15, 0.2) is 0 Å². The van der Waals surface area contributed by atoms with Crippen LogP contribution in [-0.2, 0) is 130 Å². The first-order valence-electron chi connectivity index (χ1n) is 44.5. The lowest BCUT2D eigenvalue weighted by atomic mass is 9.99. The minimum absolute atomic E-state index is 0.0393. The maximum absolute atomic E-state index is 14.7. The molecule has 34 N–H and O–H groups in total. The third kappa shape index (κ3) is 44.5. The molecule has 55 nitrogen and oxygen atoms in total. The second-order valence-electron chi connectivity index (χ2n) is 33.9. The highest BCUT2D eigenvalue weighted by Gasteiger charge is 2.42. The molecule has 17 amide bonds. The van der Waals surface area contributed by atoms with Crippen LogP contribution in [0.25, 0.3) is 0 Å². The molecule has 0 fully saturated rings. The summed E-state index contributed by atoms with van der Waals surface area (Å²) in [5, 5.41) is 147. The highest BCUT2D eigenvalue weighted by molar-refractivity contribution is 6.03. The molecule has 3 rings (SSSR count). The Bertz CT molecular complexity index is 4850. The summed E-state index contributed by atoms with van der Waals surface area (Å²) < 4.78 is 0. The number of imidazole rings is 1. The first kappa shape index (κ1) is 120. The van der Waals surface area contributed by atoms with Gasteiger partial charge in [-0.15, -0.1) is 0 Å². The molecule has 780 valence electrons. The molecular formula is C86H127N21O34. The van der Waals surface area contributed by atoms with Crippen molar-refractivity contribution in [2.75, 3.05) is 13.1 Å². The molecule has 3 aromatic rings. The van der Waals surface area contributed by atoms with E-state index in [2.05, 4.69) is 84.4 Å². The van der Waals surface area contributed by atoms with Gasteiger partial charge in [0.1, 0.15) is 102 Å². The zero-order valence-electron chi connectivity index (χ0n) is 78.3. The molecule has 1 aromatic heterocycles. The van der Waals surface area contributed by atoms with Crippen LogP contribution >= 0.6 is 0 Å². The second-order valence-corrected chi connectivity index (χ2v) is 33.9. The number of aliphatic carboxylic acids is 6. The lowest BCUT2D eigenvalue weighted by Gasteiger charge is -2.30. The van der Waals surface area contributed by atoms with Crippen molar-refractivity contribution in [1.29, 1.82) is 0 Å².